The second-order valence-electron chi connectivity index (χ2n) is 4.52. The Morgan fingerprint density at radius 1 is 1.35 bits per heavy atom. The molecule has 0 aliphatic carbocycles. The topological polar surface area (TPSA) is 106 Å². The van der Waals surface area contributed by atoms with Crippen molar-refractivity contribution >= 4 is 11.9 Å². The van der Waals surface area contributed by atoms with E-state index in [4.69, 9.17) is 14.0 Å². The number of hydrogen-bond donors (Lipinski definition) is 2. The van der Waals surface area contributed by atoms with Crippen LogP contribution in [0.4, 0.5) is 0 Å². The monoisotopic (exact) mass is 278 g/mol. The lowest BCUT2D eigenvalue weighted by Gasteiger charge is -1.99. The summed E-state index contributed by atoms with van der Waals surface area (Å²) in [5, 5.41) is 15.0. The number of carboxylic acid groups (broad SMARTS) is 1. The molecule has 0 fully saturated rings. The zero-order chi connectivity index (χ0) is 14.7. The van der Waals surface area contributed by atoms with E-state index in [2.05, 4.69) is 10.5 Å². The van der Waals surface area contributed by atoms with Gasteiger partial charge in [0.25, 0.3) is 5.91 Å². The molecular formula is C13H14N2O5. The van der Waals surface area contributed by atoms with Crippen LogP contribution in [0.1, 0.15) is 52.3 Å². The number of carboxylic acids is 1. The number of aromatic nitrogens is 1. The first-order chi connectivity index (χ1) is 9.47. The van der Waals surface area contributed by atoms with Gasteiger partial charge in [-0.15, -0.1) is 0 Å². The van der Waals surface area contributed by atoms with E-state index in [1.54, 1.807) is 6.07 Å². The summed E-state index contributed by atoms with van der Waals surface area (Å²) in [6.07, 6.45) is 0. The summed E-state index contributed by atoms with van der Waals surface area (Å²) in [7, 11) is 0. The molecule has 0 aromatic carbocycles. The molecule has 0 radical (unpaired) electrons. The van der Waals surface area contributed by atoms with Crippen molar-refractivity contribution in [2.45, 2.75) is 26.3 Å². The van der Waals surface area contributed by atoms with Gasteiger partial charge in [0.1, 0.15) is 5.76 Å². The van der Waals surface area contributed by atoms with E-state index in [0.717, 1.165) is 0 Å². The number of aromatic carboxylic acids is 1. The third-order valence-electron chi connectivity index (χ3n) is 2.64. The number of rotatable bonds is 5. The summed E-state index contributed by atoms with van der Waals surface area (Å²) in [4.78, 5) is 22.4. The van der Waals surface area contributed by atoms with E-state index in [-0.39, 0.29) is 24.0 Å². The second-order valence-corrected chi connectivity index (χ2v) is 4.52. The summed E-state index contributed by atoms with van der Waals surface area (Å²) in [6, 6.07) is 4.39. The van der Waals surface area contributed by atoms with Crippen molar-refractivity contribution in [1.82, 2.24) is 10.5 Å². The fourth-order valence-electron chi connectivity index (χ4n) is 1.51. The number of nitrogens with zero attached hydrogens (tertiary/aromatic N) is 1. The van der Waals surface area contributed by atoms with Crippen LogP contribution in [-0.2, 0) is 6.54 Å². The Labute approximate surface area is 114 Å². The average Bonchev–Trinajstić information content (AvgIpc) is 3.05. The summed E-state index contributed by atoms with van der Waals surface area (Å²) < 4.78 is 9.95. The van der Waals surface area contributed by atoms with Gasteiger partial charge in [-0.3, -0.25) is 4.79 Å². The molecule has 2 aromatic heterocycles. The van der Waals surface area contributed by atoms with Crippen LogP contribution in [0.25, 0.3) is 0 Å². The molecular weight excluding hydrogens is 264 g/mol. The molecule has 2 rings (SSSR count). The third kappa shape index (κ3) is 3.05. The molecule has 7 nitrogen and oxygen atoms in total. The maximum absolute atomic E-state index is 11.8. The maximum atomic E-state index is 11.8. The lowest BCUT2D eigenvalue weighted by molar-refractivity contribution is 0.0660. The number of carbonyl (C=O) groups excluding carboxylic acids is 1. The fraction of sp³-hybridized carbons (Fsp3) is 0.308. The van der Waals surface area contributed by atoms with Gasteiger partial charge in [-0.2, -0.15) is 0 Å². The predicted molar refractivity (Wildman–Crippen MR) is 67.4 cm³/mol. The van der Waals surface area contributed by atoms with Gasteiger partial charge in [0.05, 0.1) is 12.2 Å². The highest BCUT2D eigenvalue weighted by Crippen LogP contribution is 2.14. The first kappa shape index (κ1) is 13.9. The molecule has 0 atom stereocenters. The van der Waals surface area contributed by atoms with Crippen LogP contribution in [0.5, 0.6) is 0 Å². The molecule has 0 saturated carbocycles. The summed E-state index contributed by atoms with van der Waals surface area (Å²) in [5.74, 6) is -1.13. The zero-order valence-corrected chi connectivity index (χ0v) is 11.0. The van der Waals surface area contributed by atoms with Gasteiger partial charge in [-0.05, 0) is 18.1 Å². The molecule has 0 unspecified atom stereocenters. The third-order valence-corrected chi connectivity index (χ3v) is 2.64. The van der Waals surface area contributed by atoms with Gasteiger partial charge in [0, 0.05) is 6.07 Å². The van der Waals surface area contributed by atoms with Gasteiger partial charge in [0.15, 0.2) is 0 Å². The van der Waals surface area contributed by atoms with E-state index in [0.29, 0.717) is 11.5 Å². The molecule has 0 spiro atoms. The Morgan fingerprint density at radius 2 is 2.10 bits per heavy atom. The van der Waals surface area contributed by atoms with Gasteiger partial charge in [0.2, 0.25) is 11.5 Å². The number of carbonyl (C=O) groups is 2. The number of nitrogens with one attached hydrogen (secondary N) is 1. The molecule has 0 saturated heterocycles. The molecule has 1 amide bonds. The molecule has 20 heavy (non-hydrogen) atoms. The van der Waals surface area contributed by atoms with Gasteiger partial charge in [-0.25, -0.2) is 4.79 Å². The van der Waals surface area contributed by atoms with Gasteiger partial charge >= 0.3 is 5.97 Å². The van der Waals surface area contributed by atoms with Crippen LogP contribution < -0.4 is 5.32 Å². The second kappa shape index (κ2) is 5.60. The van der Waals surface area contributed by atoms with E-state index < -0.39 is 11.9 Å². The Kier molecular flexibility index (Phi) is 3.88. The minimum Gasteiger partial charge on any atom is -0.475 e. The normalized spacial score (nSPS) is 10.8. The molecule has 0 aliphatic rings. The standard InChI is InChI=1S/C13H14N2O5/c1-7(2)9-5-11(20-15-9)12(16)14-6-8-3-4-10(19-8)13(17)18/h3-5,7H,6H2,1-2H3,(H,14,16)(H,17,18). The summed E-state index contributed by atoms with van der Waals surface area (Å²) in [6.45, 7) is 3.95. The van der Waals surface area contributed by atoms with E-state index >= 15 is 0 Å². The molecule has 2 heterocycles. The van der Waals surface area contributed by atoms with Gasteiger partial charge < -0.3 is 19.4 Å². The average molecular weight is 278 g/mol. The van der Waals surface area contributed by atoms with E-state index in [9.17, 15) is 9.59 Å². The van der Waals surface area contributed by atoms with Crippen molar-refractivity contribution in [3.63, 3.8) is 0 Å². The molecule has 2 N–H and O–H groups in total. The SMILES string of the molecule is CC(C)c1cc(C(=O)NCc2ccc(C(=O)O)o2)on1. The minimum atomic E-state index is -1.15. The zero-order valence-electron chi connectivity index (χ0n) is 11.0. The maximum Gasteiger partial charge on any atom is 0.371 e. The van der Waals surface area contributed by atoms with E-state index in [1.165, 1.54) is 12.1 Å². The van der Waals surface area contributed by atoms with Crippen LogP contribution in [0, 0.1) is 0 Å². The minimum absolute atomic E-state index is 0.0732. The highest BCUT2D eigenvalue weighted by molar-refractivity contribution is 5.91. The number of amides is 1. The Bertz CT molecular complexity index is 626. The van der Waals surface area contributed by atoms with Crippen molar-refractivity contribution in [3.8, 4) is 0 Å². The Balaban J connectivity index is 1.95. The molecule has 106 valence electrons. The summed E-state index contributed by atoms with van der Waals surface area (Å²) >= 11 is 0. The Morgan fingerprint density at radius 3 is 2.65 bits per heavy atom. The first-order valence-electron chi connectivity index (χ1n) is 6.04. The van der Waals surface area contributed by atoms with Crippen LogP contribution in [0.3, 0.4) is 0 Å². The Hall–Kier alpha value is -2.57. The largest absolute Gasteiger partial charge is 0.475 e. The lowest BCUT2D eigenvalue weighted by Crippen LogP contribution is -2.22. The smallest absolute Gasteiger partial charge is 0.371 e. The highest BCUT2D eigenvalue weighted by atomic mass is 16.5. The fourth-order valence-corrected chi connectivity index (χ4v) is 1.51. The van der Waals surface area contributed by atoms with Gasteiger partial charge in [-0.1, -0.05) is 19.0 Å². The van der Waals surface area contributed by atoms with Crippen LogP contribution in [0.2, 0.25) is 0 Å². The summed E-state index contributed by atoms with van der Waals surface area (Å²) in [5.41, 5.74) is 0.696. The van der Waals surface area contributed by atoms with Crippen LogP contribution >= 0.6 is 0 Å². The van der Waals surface area contributed by atoms with E-state index in [1.807, 2.05) is 13.8 Å². The van der Waals surface area contributed by atoms with Crippen LogP contribution in [-0.4, -0.2) is 22.1 Å². The quantitative estimate of drug-likeness (QED) is 0.866. The van der Waals surface area contributed by atoms with Crippen molar-refractivity contribution in [2.24, 2.45) is 0 Å². The molecule has 2 aromatic rings. The number of furan rings is 1. The van der Waals surface area contributed by atoms with Crippen molar-refractivity contribution in [1.29, 1.82) is 0 Å². The predicted octanol–water partition coefficient (Wildman–Crippen LogP) is 2.02. The molecule has 0 bridgehead atoms. The molecule has 7 heteroatoms. The van der Waals surface area contributed by atoms with Crippen molar-refractivity contribution < 1.29 is 23.6 Å². The molecule has 0 aliphatic heterocycles. The highest BCUT2D eigenvalue weighted by Gasteiger charge is 2.15. The number of hydrogen-bond acceptors (Lipinski definition) is 5. The van der Waals surface area contributed by atoms with Crippen molar-refractivity contribution in [2.75, 3.05) is 0 Å². The first-order valence-corrected chi connectivity index (χ1v) is 6.04. The van der Waals surface area contributed by atoms with Crippen molar-refractivity contribution in [3.05, 3.63) is 41.2 Å². The lowest BCUT2D eigenvalue weighted by atomic mass is 10.1. The van der Waals surface area contributed by atoms with Crippen LogP contribution in [0.15, 0.2) is 27.1 Å².